The molecule has 2 aliphatic rings. The van der Waals surface area contributed by atoms with Gasteiger partial charge in [0.2, 0.25) is 5.95 Å². The van der Waals surface area contributed by atoms with Gasteiger partial charge >= 0.3 is 0 Å². The summed E-state index contributed by atoms with van der Waals surface area (Å²) in [5.74, 6) is 1.71. The molecule has 0 aliphatic carbocycles. The quantitative estimate of drug-likeness (QED) is 0.686. The summed E-state index contributed by atoms with van der Waals surface area (Å²) in [4.78, 5) is 11.0. The first-order valence-corrected chi connectivity index (χ1v) is 5.11. The van der Waals surface area contributed by atoms with E-state index in [2.05, 4.69) is 20.2 Å². The van der Waals surface area contributed by atoms with Crippen LogP contribution in [0.3, 0.4) is 0 Å². The summed E-state index contributed by atoms with van der Waals surface area (Å²) in [5, 5.41) is 3.42. The molecule has 0 spiro atoms. The minimum Gasteiger partial charge on any atom is -0.339 e. The van der Waals surface area contributed by atoms with Crippen LogP contribution in [0, 0.1) is 12.8 Å². The normalized spacial score (nSPS) is 29.9. The molecule has 2 fully saturated rings. The molecule has 4 nitrogen and oxygen atoms in total. The Kier molecular flexibility index (Phi) is 1.70. The third-order valence-electron chi connectivity index (χ3n) is 3.15. The van der Waals surface area contributed by atoms with E-state index in [1.54, 1.807) is 0 Å². The molecule has 1 N–H and O–H groups in total. The molecular formula is C10H14N4. The topological polar surface area (TPSA) is 41.1 Å². The van der Waals surface area contributed by atoms with Gasteiger partial charge < -0.3 is 10.2 Å². The SMILES string of the molecule is Cc1ccnc(N2CC3CNC3C2)n1. The summed E-state index contributed by atoms with van der Waals surface area (Å²) in [6.07, 6.45) is 1.84. The van der Waals surface area contributed by atoms with Gasteiger partial charge in [0.15, 0.2) is 0 Å². The Morgan fingerprint density at radius 1 is 1.50 bits per heavy atom. The number of aryl methyl sites for hydroxylation is 1. The lowest BCUT2D eigenvalue weighted by atomic mass is 9.96. The first kappa shape index (κ1) is 8.17. The van der Waals surface area contributed by atoms with E-state index in [4.69, 9.17) is 0 Å². The van der Waals surface area contributed by atoms with Crippen molar-refractivity contribution in [3.05, 3.63) is 18.0 Å². The van der Waals surface area contributed by atoms with Gasteiger partial charge in [0.1, 0.15) is 0 Å². The maximum absolute atomic E-state index is 4.44. The van der Waals surface area contributed by atoms with Crippen LogP contribution in [0.1, 0.15) is 5.69 Å². The molecule has 1 aromatic rings. The van der Waals surface area contributed by atoms with E-state index in [-0.39, 0.29) is 0 Å². The summed E-state index contributed by atoms with van der Waals surface area (Å²) in [5.41, 5.74) is 1.04. The van der Waals surface area contributed by atoms with Crippen molar-refractivity contribution in [3.63, 3.8) is 0 Å². The fourth-order valence-corrected chi connectivity index (χ4v) is 2.20. The molecule has 1 aromatic heterocycles. The zero-order valence-electron chi connectivity index (χ0n) is 8.27. The van der Waals surface area contributed by atoms with Crippen LogP contribution in [0.4, 0.5) is 5.95 Å². The van der Waals surface area contributed by atoms with Gasteiger partial charge in [0.05, 0.1) is 0 Å². The Balaban J connectivity index is 1.82. The van der Waals surface area contributed by atoms with Crippen molar-refractivity contribution >= 4 is 5.95 Å². The van der Waals surface area contributed by atoms with E-state index < -0.39 is 0 Å². The third kappa shape index (κ3) is 1.18. The number of fused-ring (bicyclic) bond motifs is 1. The van der Waals surface area contributed by atoms with Crippen molar-refractivity contribution in [2.75, 3.05) is 24.5 Å². The second-order valence-corrected chi connectivity index (χ2v) is 4.18. The molecule has 3 heterocycles. The van der Waals surface area contributed by atoms with Crippen LogP contribution in [0.2, 0.25) is 0 Å². The van der Waals surface area contributed by atoms with Gasteiger partial charge in [0, 0.05) is 43.5 Å². The van der Waals surface area contributed by atoms with Crippen LogP contribution in [0.25, 0.3) is 0 Å². The Hall–Kier alpha value is -1.16. The van der Waals surface area contributed by atoms with Crippen LogP contribution in [0.15, 0.2) is 12.3 Å². The fraction of sp³-hybridized carbons (Fsp3) is 0.600. The molecule has 0 saturated carbocycles. The smallest absolute Gasteiger partial charge is 0.225 e. The summed E-state index contributed by atoms with van der Waals surface area (Å²) >= 11 is 0. The van der Waals surface area contributed by atoms with Crippen molar-refractivity contribution in [3.8, 4) is 0 Å². The minimum atomic E-state index is 0.680. The highest BCUT2D eigenvalue weighted by Crippen LogP contribution is 2.25. The number of anilines is 1. The molecule has 14 heavy (non-hydrogen) atoms. The van der Waals surface area contributed by atoms with E-state index in [0.29, 0.717) is 6.04 Å². The molecule has 0 aromatic carbocycles. The third-order valence-corrected chi connectivity index (χ3v) is 3.15. The maximum Gasteiger partial charge on any atom is 0.225 e. The van der Waals surface area contributed by atoms with Crippen molar-refractivity contribution < 1.29 is 0 Å². The largest absolute Gasteiger partial charge is 0.339 e. The summed E-state index contributed by atoms with van der Waals surface area (Å²) in [6, 6.07) is 2.62. The van der Waals surface area contributed by atoms with Gasteiger partial charge in [0.25, 0.3) is 0 Å². The van der Waals surface area contributed by atoms with E-state index in [0.717, 1.165) is 37.2 Å². The lowest BCUT2D eigenvalue weighted by molar-refractivity contribution is 0.297. The second kappa shape index (κ2) is 2.92. The number of hydrogen-bond donors (Lipinski definition) is 1. The molecule has 74 valence electrons. The lowest BCUT2D eigenvalue weighted by Gasteiger charge is -2.29. The van der Waals surface area contributed by atoms with Gasteiger partial charge in [-0.05, 0) is 13.0 Å². The average molecular weight is 190 g/mol. The van der Waals surface area contributed by atoms with E-state index >= 15 is 0 Å². The number of rotatable bonds is 1. The van der Waals surface area contributed by atoms with Crippen LogP contribution in [-0.4, -0.2) is 35.6 Å². The van der Waals surface area contributed by atoms with Gasteiger partial charge in [-0.15, -0.1) is 0 Å². The van der Waals surface area contributed by atoms with Crippen LogP contribution in [0.5, 0.6) is 0 Å². The van der Waals surface area contributed by atoms with Gasteiger partial charge in [-0.2, -0.15) is 0 Å². The highest BCUT2D eigenvalue weighted by Gasteiger charge is 2.39. The molecule has 3 rings (SSSR count). The predicted octanol–water partition coefficient (Wildman–Crippen LogP) is 0.193. The summed E-state index contributed by atoms with van der Waals surface area (Å²) in [6.45, 7) is 5.34. The summed E-state index contributed by atoms with van der Waals surface area (Å²) in [7, 11) is 0. The molecule has 0 amide bonds. The van der Waals surface area contributed by atoms with E-state index in [1.807, 2.05) is 19.2 Å². The Bertz CT molecular complexity index is 340. The van der Waals surface area contributed by atoms with Crippen molar-refractivity contribution in [1.29, 1.82) is 0 Å². The van der Waals surface area contributed by atoms with Gasteiger partial charge in [-0.1, -0.05) is 0 Å². The van der Waals surface area contributed by atoms with Crippen molar-refractivity contribution in [2.24, 2.45) is 5.92 Å². The zero-order chi connectivity index (χ0) is 9.54. The first-order valence-electron chi connectivity index (χ1n) is 5.11. The molecule has 2 aliphatic heterocycles. The molecule has 2 saturated heterocycles. The van der Waals surface area contributed by atoms with Crippen molar-refractivity contribution in [1.82, 2.24) is 15.3 Å². The number of hydrogen-bond acceptors (Lipinski definition) is 4. The first-order chi connectivity index (χ1) is 6.83. The predicted molar refractivity (Wildman–Crippen MR) is 54.3 cm³/mol. The number of aromatic nitrogens is 2. The molecular weight excluding hydrogens is 176 g/mol. The van der Waals surface area contributed by atoms with Crippen LogP contribution >= 0.6 is 0 Å². The highest BCUT2D eigenvalue weighted by molar-refractivity contribution is 5.34. The average Bonchev–Trinajstić information content (AvgIpc) is 2.43. The molecule has 2 unspecified atom stereocenters. The summed E-state index contributed by atoms with van der Waals surface area (Å²) < 4.78 is 0. The fourth-order valence-electron chi connectivity index (χ4n) is 2.20. The molecule has 2 atom stereocenters. The van der Waals surface area contributed by atoms with E-state index in [1.165, 1.54) is 0 Å². The monoisotopic (exact) mass is 190 g/mol. The minimum absolute atomic E-state index is 0.680. The molecule has 0 bridgehead atoms. The zero-order valence-corrected chi connectivity index (χ0v) is 8.27. The molecule has 0 radical (unpaired) electrons. The maximum atomic E-state index is 4.44. The van der Waals surface area contributed by atoms with Crippen molar-refractivity contribution in [2.45, 2.75) is 13.0 Å². The number of nitrogens with zero attached hydrogens (tertiary/aromatic N) is 3. The Morgan fingerprint density at radius 2 is 2.43 bits per heavy atom. The van der Waals surface area contributed by atoms with Crippen LogP contribution < -0.4 is 10.2 Å². The molecule has 4 heteroatoms. The van der Waals surface area contributed by atoms with Crippen LogP contribution in [-0.2, 0) is 0 Å². The second-order valence-electron chi connectivity index (χ2n) is 4.18. The standard InChI is InChI=1S/C10H14N4/c1-7-2-3-11-10(13-7)14-5-8-4-12-9(8)6-14/h2-3,8-9,12H,4-6H2,1H3. The highest BCUT2D eigenvalue weighted by atomic mass is 15.3. The Labute approximate surface area is 83.4 Å². The van der Waals surface area contributed by atoms with Gasteiger partial charge in [-0.3, -0.25) is 0 Å². The number of nitrogens with one attached hydrogen (secondary N) is 1. The van der Waals surface area contributed by atoms with Gasteiger partial charge in [-0.25, -0.2) is 9.97 Å². The van der Waals surface area contributed by atoms with E-state index in [9.17, 15) is 0 Å². The Morgan fingerprint density at radius 3 is 3.00 bits per heavy atom. The lowest BCUT2D eigenvalue weighted by Crippen LogP contribution is -2.51.